The fourth-order valence-electron chi connectivity index (χ4n) is 6.15. The van der Waals surface area contributed by atoms with Crippen LogP contribution in [0.25, 0.3) is 16.6 Å². The van der Waals surface area contributed by atoms with Crippen molar-refractivity contribution >= 4 is 39.9 Å². The van der Waals surface area contributed by atoms with Gasteiger partial charge in [-0.3, -0.25) is 4.90 Å². The Kier molecular flexibility index (Phi) is 8.43. The molecule has 1 N–H and O–H groups in total. The molecule has 2 aromatic carbocycles. The van der Waals surface area contributed by atoms with E-state index in [4.69, 9.17) is 25.8 Å². The number of aromatic amines is 1. The maximum atomic E-state index is 12.6. The topological polar surface area (TPSA) is 79.9 Å². The third kappa shape index (κ3) is 6.42. The van der Waals surface area contributed by atoms with Crippen LogP contribution >= 0.6 is 11.6 Å². The van der Waals surface area contributed by atoms with Crippen molar-refractivity contribution in [2.45, 2.75) is 31.8 Å². The van der Waals surface area contributed by atoms with E-state index >= 15 is 0 Å². The number of nitrogens with one attached hydrogen (secondary N) is 1. The quantitative estimate of drug-likeness (QED) is 0.219. The second-order valence-corrected chi connectivity index (χ2v) is 12.0. The summed E-state index contributed by atoms with van der Waals surface area (Å²) in [6, 6.07) is 17.7. The van der Waals surface area contributed by atoms with Gasteiger partial charge in [0.25, 0.3) is 0 Å². The Morgan fingerprint density at radius 1 is 1.05 bits per heavy atom. The molecule has 0 amide bonds. The molecule has 0 unspecified atom stereocenters. The minimum atomic E-state index is -0.442. The number of hydrogen-bond acceptors (Lipinski definition) is 7. The number of fused-ring (bicyclic) bond motifs is 1. The van der Waals surface area contributed by atoms with Crippen molar-refractivity contribution in [3.8, 4) is 11.5 Å². The van der Waals surface area contributed by atoms with Gasteiger partial charge in [-0.2, -0.15) is 0 Å². The number of ether oxygens (including phenoxy) is 3. The first kappa shape index (κ1) is 29.2. The SMILES string of the molecule is COC(=O)c1ccc(N2CCN(CC3=C(c4ccc(Cl)cc4)CC[C@](C)(OC)C3)CC2)cc1Oc1cnc2[nH]ccc2c1. The molecule has 1 aliphatic heterocycles. The highest BCUT2D eigenvalue weighted by Gasteiger charge is 2.33. The van der Waals surface area contributed by atoms with E-state index in [0.717, 1.165) is 73.7 Å². The van der Waals surface area contributed by atoms with E-state index in [2.05, 4.69) is 38.8 Å². The molecule has 1 aliphatic carbocycles. The summed E-state index contributed by atoms with van der Waals surface area (Å²) in [5, 5.41) is 1.69. The molecule has 0 saturated carbocycles. The predicted molar refractivity (Wildman–Crippen MR) is 170 cm³/mol. The van der Waals surface area contributed by atoms with E-state index in [0.29, 0.717) is 17.1 Å². The van der Waals surface area contributed by atoms with Gasteiger partial charge in [0, 0.05) is 68.2 Å². The van der Waals surface area contributed by atoms with Gasteiger partial charge >= 0.3 is 5.97 Å². The van der Waals surface area contributed by atoms with Crippen molar-refractivity contribution in [1.29, 1.82) is 0 Å². The van der Waals surface area contributed by atoms with E-state index in [-0.39, 0.29) is 5.60 Å². The standard InChI is InChI=1S/C34H37ClN4O4/c1-34(42-3)12-10-29(23-4-6-26(35)7-5-23)25(20-34)22-38-14-16-39(17-15-38)27-8-9-30(33(40)41-2)31(19-27)43-28-18-24-11-13-36-32(24)37-21-28/h4-9,11,13,18-19,21H,10,12,14-17,20,22H2,1-3H3,(H,36,37)/t34-/m0/s1. The van der Waals surface area contributed by atoms with E-state index in [1.165, 1.54) is 23.8 Å². The van der Waals surface area contributed by atoms with Crippen LogP contribution in [0.2, 0.25) is 5.02 Å². The number of nitrogens with zero attached hydrogens (tertiary/aromatic N) is 3. The molecule has 1 fully saturated rings. The summed E-state index contributed by atoms with van der Waals surface area (Å²) in [5.41, 5.74) is 6.12. The number of rotatable bonds is 8. The van der Waals surface area contributed by atoms with E-state index in [9.17, 15) is 4.79 Å². The Morgan fingerprint density at radius 3 is 2.58 bits per heavy atom. The monoisotopic (exact) mass is 600 g/mol. The smallest absolute Gasteiger partial charge is 0.341 e. The third-order valence-electron chi connectivity index (χ3n) is 8.73. The predicted octanol–water partition coefficient (Wildman–Crippen LogP) is 6.96. The fourth-order valence-corrected chi connectivity index (χ4v) is 6.27. The zero-order chi connectivity index (χ0) is 30.0. The number of H-pyrrole nitrogens is 1. The highest BCUT2D eigenvalue weighted by molar-refractivity contribution is 6.30. The molecule has 9 heteroatoms. The number of pyridine rings is 1. The first-order valence-corrected chi connectivity index (χ1v) is 15.0. The van der Waals surface area contributed by atoms with Crippen molar-refractivity contribution in [3.05, 3.63) is 88.7 Å². The van der Waals surface area contributed by atoms with Crippen molar-refractivity contribution < 1.29 is 19.0 Å². The van der Waals surface area contributed by atoms with E-state index < -0.39 is 5.97 Å². The molecule has 1 atom stereocenters. The minimum absolute atomic E-state index is 0.147. The number of anilines is 1. The molecule has 4 aromatic rings. The van der Waals surface area contributed by atoms with Gasteiger partial charge in [-0.25, -0.2) is 9.78 Å². The van der Waals surface area contributed by atoms with Gasteiger partial charge in [0.1, 0.15) is 22.7 Å². The first-order chi connectivity index (χ1) is 20.8. The lowest BCUT2D eigenvalue weighted by molar-refractivity contribution is -0.00391. The largest absolute Gasteiger partial charge is 0.465 e. The Morgan fingerprint density at radius 2 is 1.84 bits per heavy atom. The lowest BCUT2D eigenvalue weighted by Crippen LogP contribution is -2.47. The molecule has 1 saturated heterocycles. The summed E-state index contributed by atoms with van der Waals surface area (Å²) >= 11 is 6.19. The number of methoxy groups -OCH3 is 2. The van der Waals surface area contributed by atoms with Crippen LogP contribution in [0.4, 0.5) is 5.69 Å². The van der Waals surface area contributed by atoms with Crippen molar-refractivity contribution in [2.24, 2.45) is 0 Å². The highest BCUT2D eigenvalue weighted by Crippen LogP contribution is 2.40. The number of halogens is 1. The first-order valence-electron chi connectivity index (χ1n) is 14.7. The Bertz CT molecular complexity index is 1640. The average Bonchev–Trinajstić information content (AvgIpc) is 3.50. The van der Waals surface area contributed by atoms with Gasteiger partial charge in [-0.1, -0.05) is 23.7 Å². The molecule has 8 nitrogen and oxygen atoms in total. The Labute approximate surface area is 257 Å². The molecule has 3 heterocycles. The van der Waals surface area contributed by atoms with Crippen molar-refractivity contribution in [3.63, 3.8) is 0 Å². The minimum Gasteiger partial charge on any atom is -0.465 e. The van der Waals surface area contributed by atoms with Crippen LogP contribution in [0, 0.1) is 0 Å². The number of carbonyl (C=O) groups excluding carboxylic acids is 1. The summed E-state index contributed by atoms with van der Waals surface area (Å²) in [6.45, 7) is 6.69. The zero-order valence-corrected chi connectivity index (χ0v) is 25.6. The molecular weight excluding hydrogens is 564 g/mol. The number of piperazine rings is 1. The molecule has 43 heavy (non-hydrogen) atoms. The van der Waals surface area contributed by atoms with Gasteiger partial charge in [-0.15, -0.1) is 0 Å². The molecule has 0 bridgehead atoms. The summed E-state index contributed by atoms with van der Waals surface area (Å²) in [5.74, 6) is 0.559. The second-order valence-electron chi connectivity index (χ2n) is 11.5. The normalized spacial score (nSPS) is 19.6. The van der Waals surface area contributed by atoms with Gasteiger partial charge in [0.15, 0.2) is 0 Å². The van der Waals surface area contributed by atoms with Crippen LogP contribution in [0.1, 0.15) is 42.1 Å². The lowest BCUT2D eigenvalue weighted by Gasteiger charge is -2.40. The summed E-state index contributed by atoms with van der Waals surface area (Å²) in [4.78, 5) is 24.9. The van der Waals surface area contributed by atoms with Crippen LogP contribution in [-0.4, -0.2) is 73.4 Å². The molecule has 2 aromatic heterocycles. The molecular formula is C34H37ClN4O4. The van der Waals surface area contributed by atoms with Gasteiger partial charge in [-0.05, 0) is 79.3 Å². The average molecular weight is 601 g/mol. The van der Waals surface area contributed by atoms with Gasteiger partial charge in [0.2, 0.25) is 0 Å². The number of aromatic nitrogens is 2. The summed E-state index contributed by atoms with van der Waals surface area (Å²) < 4.78 is 17.2. The number of esters is 1. The van der Waals surface area contributed by atoms with Crippen LogP contribution in [0.3, 0.4) is 0 Å². The summed E-state index contributed by atoms with van der Waals surface area (Å²) in [6.07, 6.45) is 6.39. The molecule has 2 aliphatic rings. The summed E-state index contributed by atoms with van der Waals surface area (Å²) in [7, 11) is 3.20. The van der Waals surface area contributed by atoms with Crippen LogP contribution in [0.15, 0.2) is 72.6 Å². The number of benzene rings is 2. The van der Waals surface area contributed by atoms with E-state index in [1.54, 1.807) is 12.3 Å². The molecule has 224 valence electrons. The van der Waals surface area contributed by atoms with Gasteiger partial charge in [0.05, 0.1) is 18.9 Å². The van der Waals surface area contributed by atoms with Crippen LogP contribution in [-0.2, 0) is 9.47 Å². The second kappa shape index (κ2) is 12.4. The zero-order valence-electron chi connectivity index (χ0n) is 24.9. The number of hydrogen-bond donors (Lipinski definition) is 1. The van der Waals surface area contributed by atoms with E-state index in [1.807, 2.05) is 49.7 Å². The molecule has 0 radical (unpaired) electrons. The fraction of sp³-hybridized carbons (Fsp3) is 0.353. The van der Waals surface area contributed by atoms with Gasteiger partial charge < -0.3 is 24.1 Å². The van der Waals surface area contributed by atoms with Crippen molar-refractivity contribution in [1.82, 2.24) is 14.9 Å². The molecule has 6 rings (SSSR count). The van der Waals surface area contributed by atoms with Crippen LogP contribution in [0.5, 0.6) is 11.5 Å². The number of allylic oxidation sites excluding steroid dienone is 1. The third-order valence-corrected chi connectivity index (χ3v) is 8.98. The van der Waals surface area contributed by atoms with Crippen molar-refractivity contribution in [2.75, 3.05) is 51.8 Å². The number of carbonyl (C=O) groups is 1. The molecule has 0 spiro atoms. The Hall–Kier alpha value is -3.85. The Balaban J connectivity index is 1.18. The van der Waals surface area contributed by atoms with Crippen LogP contribution < -0.4 is 9.64 Å². The highest BCUT2D eigenvalue weighted by atomic mass is 35.5. The maximum absolute atomic E-state index is 12.6. The lowest BCUT2D eigenvalue weighted by atomic mass is 9.79. The maximum Gasteiger partial charge on any atom is 0.341 e.